The maximum absolute atomic E-state index is 5.64. The van der Waals surface area contributed by atoms with E-state index >= 15 is 0 Å². The molecule has 1 fully saturated rings. The van der Waals surface area contributed by atoms with Gasteiger partial charge in [0.15, 0.2) is 11.5 Å². The quantitative estimate of drug-likeness (QED) is 0.744. The van der Waals surface area contributed by atoms with Crippen LogP contribution in [0.15, 0.2) is 30.3 Å². The van der Waals surface area contributed by atoms with Gasteiger partial charge in [0.25, 0.3) is 0 Å². The Bertz CT molecular complexity index is 667. The highest BCUT2D eigenvalue weighted by Crippen LogP contribution is 2.38. The van der Waals surface area contributed by atoms with E-state index in [4.69, 9.17) is 9.47 Å². The predicted octanol–water partition coefficient (Wildman–Crippen LogP) is 5.19. The van der Waals surface area contributed by atoms with Crippen LogP contribution in [0, 0.1) is 6.92 Å². The number of benzene rings is 1. The molecule has 0 bridgehead atoms. The summed E-state index contributed by atoms with van der Waals surface area (Å²) in [5.74, 6) is 1.68. The molecule has 1 saturated heterocycles. The molecule has 0 unspecified atom stereocenters. The van der Waals surface area contributed by atoms with Crippen molar-refractivity contribution < 1.29 is 9.47 Å². The second kappa shape index (κ2) is 8.04. The minimum atomic E-state index is 0.516. The fourth-order valence-electron chi connectivity index (χ4n) is 3.61. The van der Waals surface area contributed by atoms with Crippen molar-refractivity contribution in [1.82, 2.24) is 4.90 Å². The van der Waals surface area contributed by atoms with E-state index in [0.29, 0.717) is 6.04 Å². The summed E-state index contributed by atoms with van der Waals surface area (Å²) >= 11 is 1.94. The number of aryl methyl sites for hydroxylation is 1. The summed E-state index contributed by atoms with van der Waals surface area (Å²) in [4.78, 5) is 5.51. The molecule has 3 nitrogen and oxygen atoms in total. The van der Waals surface area contributed by atoms with Crippen LogP contribution in [0.2, 0.25) is 0 Å². The Morgan fingerprint density at radius 3 is 2.67 bits per heavy atom. The fraction of sp³-hybridized carbons (Fsp3) is 0.500. The van der Waals surface area contributed by atoms with Crippen molar-refractivity contribution in [2.24, 2.45) is 0 Å². The van der Waals surface area contributed by atoms with Crippen LogP contribution in [0.1, 0.15) is 47.0 Å². The SMILES string of the molecule is COc1cccc(CN2CCCCC[C@@H]2c2ccc(C)s2)c1OC. The molecule has 2 aromatic rings. The third kappa shape index (κ3) is 3.76. The Balaban J connectivity index is 1.88. The van der Waals surface area contributed by atoms with Gasteiger partial charge in [-0.3, -0.25) is 4.90 Å². The van der Waals surface area contributed by atoms with Gasteiger partial charge in [-0.2, -0.15) is 0 Å². The first-order valence-corrected chi connectivity index (χ1v) is 9.55. The van der Waals surface area contributed by atoms with E-state index < -0.39 is 0 Å². The molecule has 0 aliphatic carbocycles. The highest BCUT2D eigenvalue weighted by atomic mass is 32.1. The van der Waals surface area contributed by atoms with E-state index in [1.807, 2.05) is 17.4 Å². The molecule has 0 spiro atoms. The standard InChI is InChI=1S/C20H27NO2S/c1-15-11-12-19(24-15)17-9-5-4-6-13-21(17)14-16-8-7-10-18(22-2)20(16)23-3/h7-8,10-12,17H,4-6,9,13-14H2,1-3H3/t17-/m1/s1. The molecule has 0 amide bonds. The molecule has 24 heavy (non-hydrogen) atoms. The van der Waals surface area contributed by atoms with E-state index in [1.54, 1.807) is 14.2 Å². The molecule has 1 aliphatic heterocycles. The van der Waals surface area contributed by atoms with E-state index in [-0.39, 0.29) is 0 Å². The highest BCUT2D eigenvalue weighted by molar-refractivity contribution is 7.12. The summed E-state index contributed by atoms with van der Waals surface area (Å²) in [6.07, 6.45) is 5.15. The number of hydrogen-bond donors (Lipinski definition) is 0. The van der Waals surface area contributed by atoms with Gasteiger partial charge in [0.2, 0.25) is 0 Å². The predicted molar refractivity (Wildman–Crippen MR) is 100 cm³/mol. The number of thiophene rings is 1. The highest BCUT2D eigenvalue weighted by Gasteiger charge is 2.25. The van der Waals surface area contributed by atoms with Gasteiger partial charge in [0.1, 0.15) is 0 Å². The van der Waals surface area contributed by atoms with Gasteiger partial charge >= 0.3 is 0 Å². The average Bonchev–Trinajstić information content (AvgIpc) is 2.89. The lowest BCUT2D eigenvalue weighted by atomic mass is 10.1. The summed E-state index contributed by atoms with van der Waals surface area (Å²) in [5.41, 5.74) is 1.21. The summed E-state index contributed by atoms with van der Waals surface area (Å²) in [7, 11) is 3.43. The van der Waals surface area contributed by atoms with Crippen molar-refractivity contribution in [2.45, 2.75) is 45.2 Å². The van der Waals surface area contributed by atoms with Crippen LogP contribution in [0.4, 0.5) is 0 Å². The van der Waals surface area contributed by atoms with Gasteiger partial charge in [0.05, 0.1) is 14.2 Å². The largest absolute Gasteiger partial charge is 0.493 e. The number of para-hydroxylation sites is 1. The molecule has 3 rings (SSSR count). The van der Waals surface area contributed by atoms with Gasteiger partial charge < -0.3 is 9.47 Å². The molecule has 0 N–H and O–H groups in total. The third-order valence-electron chi connectivity index (χ3n) is 4.81. The van der Waals surface area contributed by atoms with Gasteiger partial charge in [0, 0.05) is 27.9 Å². The van der Waals surface area contributed by atoms with Crippen LogP contribution in [-0.4, -0.2) is 25.7 Å². The Kier molecular flexibility index (Phi) is 5.80. The van der Waals surface area contributed by atoms with Gasteiger partial charge in [-0.25, -0.2) is 0 Å². The number of hydrogen-bond acceptors (Lipinski definition) is 4. The van der Waals surface area contributed by atoms with Crippen molar-refractivity contribution in [1.29, 1.82) is 0 Å². The second-order valence-corrected chi connectivity index (χ2v) is 7.76. The van der Waals surface area contributed by atoms with E-state index in [1.165, 1.54) is 41.0 Å². The van der Waals surface area contributed by atoms with Gasteiger partial charge in [-0.05, 0) is 44.5 Å². The summed E-state index contributed by atoms with van der Waals surface area (Å²) < 4.78 is 11.1. The van der Waals surface area contributed by atoms with Crippen molar-refractivity contribution in [2.75, 3.05) is 20.8 Å². The molecular formula is C20H27NO2S. The molecule has 4 heteroatoms. The number of likely N-dealkylation sites (tertiary alicyclic amines) is 1. The zero-order valence-electron chi connectivity index (χ0n) is 14.9. The zero-order valence-corrected chi connectivity index (χ0v) is 15.7. The first-order chi connectivity index (χ1) is 11.7. The Morgan fingerprint density at radius 1 is 1.08 bits per heavy atom. The number of ether oxygens (including phenoxy) is 2. The zero-order chi connectivity index (χ0) is 16.9. The Hall–Kier alpha value is -1.52. The summed E-state index contributed by atoms with van der Waals surface area (Å²) in [6.45, 7) is 4.24. The number of nitrogens with zero attached hydrogens (tertiary/aromatic N) is 1. The lowest BCUT2D eigenvalue weighted by molar-refractivity contribution is 0.192. The van der Waals surface area contributed by atoms with Crippen molar-refractivity contribution in [3.63, 3.8) is 0 Å². The molecule has 130 valence electrons. The average molecular weight is 346 g/mol. The third-order valence-corrected chi connectivity index (χ3v) is 5.91. The van der Waals surface area contributed by atoms with Crippen LogP contribution in [-0.2, 0) is 6.54 Å². The monoisotopic (exact) mass is 345 g/mol. The number of methoxy groups -OCH3 is 2. The lowest BCUT2D eigenvalue weighted by Gasteiger charge is -2.30. The minimum absolute atomic E-state index is 0.516. The Morgan fingerprint density at radius 2 is 1.96 bits per heavy atom. The second-order valence-electron chi connectivity index (χ2n) is 6.44. The fourth-order valence-corrected chi connectivity index (χ4v) is 4.66. The molecular weight excluding hydrogens is 318 g/mol. The van der Waals surface area contributed by atoms with E-state index in [2.05, 4.69) is 36.1 Å². The summed E-state index contributed by atoms with van der Waals surface area (Å²) in [6, 6.07) is 11.2. The van der Waals surface area contributed by atoms with Crippen LogP contribution < -0.4 is 9.47 Å². The first-order valence-electron chi connectivity index (χ1n) is 8.73. The molecule has 0 saturated carbocycles. The molecule has 1 aliphatic rings. The van der Waals surface area contributed by atoms with E-state index in [0.717, 1.165) is 24.6 Å². The summed E-state index contributed by atoms with van der Waals surface area (Å²) in [5, 5.41) is 0. The Labute approximate surface area is 149 Å². The molecule has 1 atom stereocenters. The normalized spacial score (nSPS) is 19.0. The lowest BCUT2D eigenvalue weighted by Crippen LogP contribution is -2.27. The van der Waals surface area contributed by atoms with E-state index in [9.17, 15) is 0 Å². The minimum Gasteiger partial charge on any atom is -0.493 e. The van der Waals surface area contributed by atoms with Crippen LogP contribution in [0.3, 0.4) is 0 Å². The number of rotatable bonds is 5. The molecule has 1 aromatic heterocycles. The smallest absolute Gasteiger partial charge is 0.165 e. The molecule has 0 radical (unpaired) electrons. The van der Waals surface area contributed by atoms with Crippen molar-refractivity contribution in [3.8, 4) is 11.5 Å². The molecule has 1 aromatic carbocycles. The van der Waals surface area contributed by atoms with Crippen LogP contribution in [0.25, 0.3) is 0 Å². The van der Waals surface area contributed by atoms with Gasteiger partial charge in [-0.15, -0.1) is 11.3 Å². The van der Waals surface area contributed by atoms with Gasteiger partial charge in [-0.1, -0.05) is 25.0 Å². The maximum Gasteiger partial charge on any atom is 0.165 e. The molecule has 2 heterocycles. The van der Waals surface area contributed by atoms with Crippen molar-refractivity contribution in [3.05, 3.63) is 45.6 Å². The maximum atomic E-state index is 5.64. The van der Waals surface area contributed by atoms with Crippen LogP contribution >= 0.6 is 11.3 Å². The van der Waals surface area contributed by atoms with Crippen molar-refractivity contribution >= 4 is 11.3 Å². The van der Waals surface area contributed by atoms with Crippen LogP contribution in [0.5, 0.6) is 11.5 Å². The first kappa shape index (κ1) is 17.3. The topological polar surface area (TPSA) is 21.7 Å².